The quantitative estimate of drug-likeness (QED) is 0.508. The van der Waals surface area contributed by atoms with E-state index in [1.54, 1.807) is 0 Å². The molecule has 3 heteroatoms. The molecule has 0 heterocycles. The molecule has 1 aliphatic rings. The molecule has 1 aliphatic carbocycles. The fraction of sp³-hybridized carbons (Fsp3) is 0.385. The third-order valence-electron chi connectivity index (χ3n) is 2.83. The van der Waals surface area contributed by atoms with E-state index in [1.807, 2.05) is 12.1 Å². The highest BCUT2D eigenvalue weighted by Gasteiger charge is 2.12. The zero-order valence-electron chi connectivity index (χ0n) is 8.85. The van der Waals surface area contributed by atoms with Crippen LogP contribution in [-0.2, 0) is 6.42 Å². The molecule has 0 aliphatic heterocycles. The molecule has 86 valence electrons. The zero-order chi connectivity index (χ0) is 11.5. The van der Waals surface area contributed by atoms with Crippen LogP contribution in [0.3, 0.4) is 0 Å². The van der Waals surface area contributed by atoms with Crippen LogP contribution in [0.4, 0.5) is 0 Å². The van der Waals surface area contributed by atoms with E-state index in [4.69, 9.17) is 23.2 Å². The Labute approximate surface area is 115 Å². The first-order valence-corrected chi connectivity index (χ1v) is 7.03. The van der Waals surface area contributed by atoms with Crippen LogP contribution in [0, 0.1) is 0 Å². The highest BCUT2D eigenvalue weighted by molar-refractivity contribution is 9.10. The smallest absolute Gasteiger partial charge is 0.0518 e. The van der Waals surface area contributed by atoms with Crippen molar-refractivity contribution in [2.24, 2.45) is 0 Å². The van der Waals surface area contributed by atoms with Crippen molar-refractivity contribution in [3.8, 4) is 0 Å². The van der Waals surface area contributed by atoms with Crippen molar-refractivity contribution in [2.45, 2.75) is 31.1 Å². The molecular weight excluding hydrogens is 307 g/mol. The second-order valence-electron chi connectivity index (χ2n) is 4.15. The monoisotopic (exact) mass is 318 g/mol. The van der Waals surface area contributed by atoms with E-state index in [2.05, 4.69) is 28.1 Å². The summed E-state index contributed by atoms with van der Waals surface area (Å²) in [5.41, 5.74) is 2.59. The average molecular weight is 320 g/mol. The molecule has 0 bridgehead atoms. The molecule has 0 saturated heterocycles. The first-order chi connectivity index (χ1) is 7.65. The molecule has 1 aromatic rings. The topological polar surface area (TPSA) is 0 Å². The van der Waals surface area contributed by atoms with E-state index in [0.29, 0.717) is 0 Å². The summed E-state index contributed by atoms with van der Waals surface area (Å²) in [6, 6.07) is 6.05. The summed E-state index contributed by atoms with van der Waals surface area (Å²) < 4.78 is 1.02. The number of benzene rings is 1. The van der Waals surface area contributed by atoms with Crippen molar-refractivity contribution >= 4 is 39.1 Å². The summed E-state index contributed by atoms with van der Waals surface area (Å²) in [4.78, 5) is 0. The van der Waals surface area contributed by atoms with Crippen LogP contribution >= 0.6 is 39.1 Å². The second kappa shape index (κ2) is 5.57. The zero-order valence-corrected chi connectivity index (χ0v) is 11.9. The number of allylic oxidation sites excluding steroid dienone is 2. The van der Waals surface area contributed by atoms with Gasteiger partial charge in [-0.2, -0.15) is 0 Å². The van der Waals surface area contributed by atoms with Crippen LogP contribution in [-0.4, -0.2) is 5.38 Å². The Bertz CT molecular complexity index is 412. The van der Waals surface area contributed by atoms with Crippen LogP contribution in [0.1, 0.15) is 24.8 Å². The Kier molecular flexibility index (Phi) is 4.34. The lowest BCUT2D eigenvalue weighted by molar-refractivity contribution is 0.693. The van der Waals surface area contributed by atoms with Crippen LogP contribution in [0.15, 0.2) is 34.3 Å². The van der Waals surface area contributed by atoms with Gasteiger partial charge in [0.05, 0.1) is 5.38 Å². The minimum atomic E-state index is 0.206. The number of hydrogen-bond donors (Lipinski definition) is 0. The summed E-state index contributed by atoms with van der Waals surface area (Å²) in [7, 11) is 0. The van der Waals surface area contributed by atoms with Gasteiger partial charge in [-0.3, -0.25) is 0 Å². The van der Waals surface area contributed by atoms with E-state index in [0.717, 1.165) is 28.8 Å². The molecule has 0 spiro atoms. The molecule has 1 unspecified atom stereocenters. The molecule has 1 aromatic carbocycles. The van der Waals surface area contributed by atoms with Gasteiger partial charge >= 0.3 is 0 Å². The predicted molar refractivity (Wildman–Crippen MR) is 74.4 cm³/mol. The largest absolute Gasteiger partial charge is 0.118 e. The summed E-state index contributed by atoms with van der Waals surface area (Å²) in [5.74, 6) is 0. The van der Waals surface area contributed by atoms with Crippen LogP contribution < -0.4 is 0 Å². The Balaban J connectivity index is 2.14. The molecule has 0 saturated carbocycles. The van der Waals surface area contributed by atoms with Gasteiger partial charge in [-0.1, -0.05) is 45.2 Å². The summed E-state index contributed by atoms with van der Waals surface area (Å²) in [6.07, 6.45) is 6.54. The van der Waals surface area contributed by atoms with Crippen molar-refractivity contribution in [1.29, 1.82) is 0 Å². The van der Waals surface area contributed by atoms with Gasteiger partial charge in [0.1, 0.15) is 0 Å². The van der Waals surface area contributed by atoms with Gasteiger partial charge in [0.15, 0.2) is 0 Å². The SMILES string of the molecule is Clc1cc(Br)ccc1CC1=CC(Cl)CCC1. The molecule has 0 amide bonds. The third-order valence-corrected chi connectivity index (χ3v) is 4.02. The van der Waals surface area contributed by atoms with Gasteiger partial charge in [-0.15, -0.1) is 11.6 Å². The number of alkyl halides is 1. The van der Waals surface area contributed by atoms with Gasteiger partial charge < -0.3 is 0 Å². The first kappa shape index (κ1) is 12.5. The van der Waals surface area contributed by atoms with Crippen molar-refractivity contribution < 1.29 is 0 Å². The standard InChI is InChI=1S/C13H13BrCl2/c14-11-5-4-10(13(16)8-11)6-9-2-1-3-12(15)7-9/h4-5,7-8,12H,1-3,6H2. The van der Waals surface area contributed by atoms with Gasteiger partial charge in [0, 0.05) is 9.50 Å². The maximum atomic E-state index is 6.19. The highest BCUT2D eigenvalue weighted by atomic mass is 79.9. The first-order valence-electron chi connectivity index (χ1n) is 5.43. The van der Waals surface area contributed by atoms with Gasteiger partial charge in [-0.05, 0) is 43.4 Å². The average Bonchev–Trinajstić information content (AvgIpc) is 2.22. The molecule has 16 heavy (non-hydrogen) atoms. The number of halogens is 3. The Hall–Kier alpha value is 0.0200. The fourth-order valence-corrected chi connectivity index (χ4v) is 3.08. The number of rotatable bonds is 2. The van der Waals surface area contributed by atoms with E-state index in [-0.39, 0.29) is 5.38 Å². The van der Waals surface area contributed by atoms with Crippen molar-refractivity contribution in [1.82, 2.24) is 0 Å². The highest BCUT2D eigenvalue weighted by Crippen LogP contribution is 2.28. The van der Waals surface area contributed by atoms with Gasteiger partial charge in [0.2, 0.25) is 0 Å². The molecular formula is C13H13BrCl2. The van der Waals surface area contributed by atoms with Crippen LogP contribution in [0.25, 0.3) is 0 Å². The maximum Gasteiger partial charge on any atom is 0.0518 e. The molecule has 2 rings (SSSR count). The van der Waals surface area contributed by atoms with Crippen LogP contribution in [0.2, 0.25) is 5.02 Å². The number of hydrogen-bond acceptors (Lipinski definition) is 0. The lowest BCUT2D eigenvalue weighted by Crippen LogP contribution is -2.05. The minimum Gasteiger partial charge on any atom is -0.118 e. The molecule has 0 N–H and O–H groups in total. The lowest BCUT2D eigenvalue weighted by atomic mass is 9.94. The summed E-state index contributed by atoms with van der Waals surface area (Å²) in [6.45, 7) is 0. The molecule has 0 radical (unpaired) electrons. The Morgan fingerprint density at radius 2 is 2.19 bits per heavy atom. The summed E-state index contributed by atoms with van der Waals surface area (Å²) in [5, 5.41) is 1.03. The molecule has 0 nitrogen and oxygen atoms in total. The Morgan fingerprint density at radius 3 is 2.88 bits per heavy atom. The maximum absolute atomic E-state index is 6.19. The third kappa shape index (κ3) is 3.26. The van der Waals surface area contributed by atoms with Gasteiger partial charge in [-0.25, -0.2) is 0 Å². The molecule has 0 fully saturated rings. The summed E-state index contributed by atoms with van der Waals surface area (Å²) >= 11 is 15.7. The normalized spacial score (nSPS) is 20.7. The van der Waals surface area contributed by atoms with Crippen molar-refractivity contribution in [3.05, 3.63) is 44.9 Å². The Morgan fingerprint density at radius 1 is 1.38 bits per heavy atom. The van der Waals surface area contributed by atoms with Crippen molar-refractivity contribution in [2.75, 3.05) is 0 Å². The van der Waals surface area contributed by atoms with Gasteiger partial charge in [0.25, 0.3) is 0 Å². The van der Waals surface area contributed by atoms with E-state index in [1.165, 1.54) is 17.6 Å². The molecule has 1 atom stereocenters. The fourth-order valence-electron chi connectivity index (χ4n) is 2.00. The molecule has 0 aromatic heterocycles. The van der Waals surface area contributed by atoms with E-state index in [9.17, 15) is 0 Å². The second-order valence-corrected chi connectivity index (χ2v) is 6.03. The lowest BCUT2D eigenvalue weighted by Gasteiger charge is -2.17. The minimum absolute atomic E-state index is 0.206. The van der Waals surface area contributed by atoms with E-state index < -0.39 is 0 Å². The van der Waals surface area contributed by atoms with Crippen LogP contribution in [0.5, 0.6) is 0 Å². The predicted octanol–water partition coefficient (Wildman–Crippen LogP) is 5.36. The van der Waals surface area contributed by atoms with E-state index >= 15 is 0 Å². The van der Waals surface area contributed by atoms with Crippen molar-refractivity contribution in [3.63, 3.8) is 0 Å².